The van der Waals surface area contributed by atoms with Gasteiger partial charge in [-0.05, 0) is 70.8 Å². The van der Waals surface area contributed by atoms with E-state index in [1.807, 2.05) is 66.7 Å². The Labute approximate surface area is 222 Å². The van der Waals surface area contributed by atoms with Gasteiger partial charge in [0.15, 0.2) is 0 Å². The number of imide groups is 1. The maximum Gasteiger partial charge on any atom is 0.293 e. The largest absolute Gasteiger partial charge is 0.492 e. The van der Waals surface area contributed by atoms with Gasteiger partial charge in [-0.3, -0.25) is 14.5 Å². The standard InChI is InChI=1S/C30H31NO5S/c1-30(2,3)23-11-15-26(16-12-23)36-20-19-35-25-13-9-22(10-14-25)21-27-28(32)31(29(33)37-27)17-18-34-24-7-5-4-6-8-24/h4-16,21H,17-20H2,1-3H3/b27-21-. The Bertz CT molecular complexity index is 1230. The van der Waals surface area contributed by atoms with Crippen LogP contribution in [0.15, 0.2) is 83.8 Å². The van der Waals surface area contributed by atoms with Crippen LogP contribution in [0.5, 0.6) is 17.2 Å². The highest BCUT2D eigenvalue weighted by Crippen LogP contribution is 2.32. The fraction of sp³-hybridized carbons (Fsp3) is 0.267. The second-order valence-electron chi connectivity index (χ2n) is 9.54. The summed E-state index contributed by atoms with van der Waals surface area (Å²) in [6, 6.07) is 24.8. The summed E-state index contributed by atoms with van der Waals surface area (Å²) in [4.78, 5) is 26.7. The minimum atomic E-state index is -0.306. The first-order chi connectivity index (χ1) is 17.8. The van der Waals surface area contributed by atoms with Crippen molar-refractivity contribution < 1.29 is 23.8 Å². The maximum absolute atomic E-state index is 12.7. The van der Waals surface area contributed by atoms with Gasteiger partial charge in [-0.15, -0.1) is 0 Å². The topological polar surface area (TPSA) is 65.1 Å². The van der Waals surface area contributed by atoms with Gasteiger partial charge in [0.05, 0.1) is 11.4 Å². The van der Waals surface area contributed by atoms with E-state index in [1.54, 1.807) is 6.08 Å². The normalized spacial score (nSPS) is 14.8. The van der Waals surface area contributed by atoms with Crippen molar-refractivity contribution in [1.82, 2.24) is 4.90 Å². The Morgan fingerprint density at radius 3 is 1.86 bits per heavy atom. The van der Waals surface area contributed by atoms with E-state index in [9.17, 15) is 9.59 Å². The van der Waals surface area contributed by atoms with Crippen LogP contribution in [-0.4, -0.2) is 42.4 Å². The number of carbonyl (C=O) groups is 2. The third kappa shape index (κ3) is 7.40. The molecular formula is C30H31NO5S. The number of benzene rings is 3. The number of hydrogen-bond acceptors (Lipinski definition) is 6. The van der Waals surface area contributed by atoms with Crippen LogP contribution < -0.4 is 14.2 Å². The molecule has 37 heavy (non-hydrogen) atoms. The predicted octanol–water partition coefficient (Wildman–Crippen LogP) is 6.56. The molecule has 1 saturated heterocycles. The first kappa shape index (κ1) is 26.4. The van der Waals surface area contributed by atoms with Crippen molar-refractivity contribution in [3.63, 3.8) is 0 Å². The molecule has 7 heteroatoms. The van der Waals surface area contributed by atoms with Crippen LogP contribution >= 0.6 is 11.8 Å². The van der Waals surface area contributed by atoms with Crippen molar-refractivity contribution in [2.75, 3.05) is 26.4 Å². The van der Waals surface area contributed by atoms with E-state index in [-0.39, 0.29) is 29.7 Å². The molecule has 0 saturated carbocycles. The van der Waals surface area contributed by atoms with Crippen LogP contribution in [0.3, 0.4) is 0 Å². The molecule has 0 atom stereocenters. The van der Waals surface area contributed by atoms with Crippen molar-refractivity contribution in [2.24, 2.45) is 0 Å². The van der Waals surface area contributed by atoms with E-state index in [1.165, 1.54) is 10.5 Å². The monoisotopic (exact) mass is 517 g/mol. The summed E-state index contributed by atoms with van der Waals surface area (Å²) < 4.78 is 17.2. The molecule has 4 rings (SSSR count). The zero-order valence-electron chi connectivity index (χ0n) is 21.3. The Balaban J connectivity index is 1.23. The van der Waals surface area contributed by atoms with Crippen molar-refractivity contribution in [3.8, 4) is 17.2 Å². The van der Waals surface area contributed by atoms with Gasteiger partial charge >= 0.3 is 0 Å². The summed E-state index contributed by atoms with van der Waals surface area (Å²) in [7, 11) is 0. The number of carbonyl (C=O) groups excluding carboxylic acids is 2. The average Bonchev–Trinajstić information content (AvgIpc) is 3.15. The Kier molecular flexibility index (Phi) is 8.56. The van der Waals surface area contributed by atoms with Gasteiger partial charge in [-0.25, -0.2) is 0 Å². The van der Waals surface area contributed by atoms with Crippen LogP contribution in [0.25, 0.3) is 6.08 Å². The number of amides is 2. The lowest BCUT2D eigenvalue weighted by Gasteiger charge is -2.19. The minimum Gasteiger partial charge on any atom is -0.492 e. The van der Waals surface area contributed by atoms with Crippen LogP contribution in [-0.2, 0) is 10.2 Å². The summed E-state index contributed by atoms with van der Waals surface area (Å²) in [5.74, 6) is 1.91. The molecule has 0 N–H and O–H groups in total. The highest BCUT2D eigenvalue weighted by atomic mass is 32.2. The first-order valence-electron chi connectivity index (χ1n) is 12.2. The number of rotatable bonds is 10. The molecule has 0 spiro atoms. The minimum absolute atomic E-state index is 0.111. The molecule has 192 valence electrons. The molecule has 6 nitrogen and oxygen atoms in total. The molecule has 1 fully saturated rings. The van der Waals surface area contributed by atoms with Gasteiger partial charge in [0, 0.05) is 0 Å². The second kappa shape index (κ2) is 12.0. The second-order valence-corrected chi connectivity index (χ2v) is 10.5. The molecular weight excluding hydrogens is 486 g/mol. The molecule has 1 heterocycles. The first-order valence-corrected chi connectivity index (χ1v) is 13.0. The molecule has 0 aliphatic carbocycles. The van der Waals surface area contributed by atoms with E-state index >= 15 is 0 Å². The highest BCUT2D eigenvalue weighted by Gasteiger charge is 2.34. The van der Waals surface area contributed by atoms with Gasteiger partial charge in [-0.1, -0.05) is 63.2 Å². The van der Waals surface area contributed by atoms with Crippen LogP contribution in [0, 0.1) is 0 Å². The van der Waals surface area contributed by atoms with E-state index in [0.717, 1.165) is 23.1 Å². The number of hydrogen-bond donors (Lipinski definition) is 0. The van der Waals surface area contributed by atoms with Crippen LogP contribution in [0.4, 0.5) is 4.79 Å². The lowest BCUT2D eigenvalue weighted by atomic mass is 9.87. The molecule has 1 aliphatic heterocycles. The van der Waals surface area contributed by atoms with Crippen molar-refractivity contribution >= 4 is 29.0 Å². The Morgan fingerprint density at radius 1 is 0.730 bits per heavy atom. The Hall–Kier alpha value is -3.71. The summed E-state index contributed by atoms with van der Waals surface area (Å²) in [5.41, 5.74) is 2.19. The molecule has 0 unspecified atom stereocenters. The fourth-order valence-electron chi connectivity index (χ4n) is 3.65. The molecule has 1 aliphatic rings. The third-order valence-corrected chi connectivity index (χ3v) is 6.63. The third-order valence-electron chi connectivity index (χ3n) is 5.72. The van der Waals surface area contributed by atoms with Crippen molar-refractivity contribution in [2.45, 2.75) is 26.2 Å². The summed E-state index contributed by atoms with van der Waals surface area (Å²) in [6.07, 6.45) is 1.72. The zero-order chi connectivity index (χ0) is 26.3. The molecule has 0 bridgehead atoms. The lowest BCUT2D eigenvalue weighted by molar-refractivity contribution is -0.123. The summed E-state index contributed by atoms with van der Waals surface area (Å²) in [5, 5.41) is -0.291. The number of para-hydroxylation sites is 1. The predicted molar refractivity (Wildman–Crippen MR) is 147 cm³/mol. The average molecular weight is 518 g/mol. The van der Waals surface area contributed by atoms with Gasteiger partial charge < -0.3 is 14.2 Å². The van der Waals surface area contributed by atoms with Gasteiger partial charge in [0.1, 0.15) is 37.1 Å². The molecule has 0 aromatic heterocycles. The van der Waals surface area contributed by atoms with E-state index in [2.05, 4.69) is 32.9 Å². The molecule has 3 aromatic rings. The molecule has 2 amide bonds. The quantitative estimate of drug-likeness (QED) is 0.224. The lowest BCUT2D eigenvalue weighted by Crippen LogP contribution is -2.32. The fourth-order valence-corrected chi connectivity index (χ4v) is 4.51. The van der Waals surface area contributed by atoms with E-state index in [4.69, 9.17) is 14.2 Å². The van der Waals surface area contributed by atoms with Crippen molar-refractivity contribution in [3.05, 3.63) is 94.9 Å². The maximum atomic E-state index is 12.7. The molecule has 0 radical (unpaired) electrons. The van der Waals surface area contributed by atoms with Gasteiger partial charge in [-0.2, -0.15) is 0 Å². The SMILES string of the molecule is CC(C)(C)c1ccc(OCCOc2ccc(/C=C3\SC(=O)N(CCOc4ccccc4)C3=O)cc2)cc1. The van der Waals surface area contributed by atoms with Crippen LogP contribution in [0.1, 0.15) is 31.9 Å². The van der Waals surface area contributed by atoms with E-state index < -0.39 is 0 Å². The van der Waals surface area contributed by atoms with Crippen molar-refractivity contribution in [1.29, 1.82) is 0 Å². The molecule has 3 aromatic carbocycles. The summed E-state index contributed by atoms with van der Waals surface area (Å²) >= 11 is 0.939. The van der Waals surface area contributed by atoms with Gasteiger partial charge in [0.25, 0.3) is 11.1 Å². The summed E-state index contributed by atoms with van der Waals surface area (Å²) in [6.45, 7) is 7.82. The highest BCUT2D eigenvalue weighted by molar-refractivity contribution is 8.18. The zero-order valence-corrected chi connectivity index (χ0v) is 22.1. The smallest absolute Gasteiger partial charge is 0.293 e. The Morgan fingerprint density at radius 2 is 1.27 bits per heavy atom. The number of ether oxygens (including phenoxy) is 3. The van der Waals surface area contributed by atoms with Crippen LogP contribution in [0.2, 0.25) is 0 Å². The number of nitrogens with zero attached hydrogens (tertiary/aromatic N) is 1. The van der Waals surface area contributed by atoms with E-state index in [0.29, 0.717) is 29.6 Å². The van der Waals surface area contributed by atoms with Gasteiger partial charge in [0.2, 0.25) is 0 Å². The number of thioether (sulfide) groups is 1.